The van der Waals surface area contributed by atoms with E-state index in [1.54, 1.807) is 11.3 Å². The molecule has 1 atom stereocenters. The van der Waals surface area contributed by atoms with Crippen LogP contribution in [0.5, 0.6) is 0 Å². The lowest BCUT2D eigenvalue weighted by Gasteiger charge is -2.37. The Bertz CT molecular complexity index is 389. The molecule has 19 heavy (non-hydrogen) atoms. The normalized spacial score (nSPS) is 18.3. The molecule has 1 aliphatic heterocycles. The summed E-state index contributed by atoms with van der Waals surface area (Å²) in [5.41, 5.74) is 0. The molecule has 0 radical (unpaired) electrons. The van der Waals surface area contributed by atoms with Crippen molar-refractivity contribution in [2.45, 2.75) is 26.3 Å². The van der Waals surface area contributed by atoms with Gasteiger partial charge in [0.05, 0.1) is 6.61 Å². The molecule has 0 N–H and O–H groups in total. The highest BCUT2D eigenvalue weighted by molar-refractivity contribution is 7.13. The van der Waals surface area contributed by atoms with E-state index in [4.69, 9.17) is 4.74 Å². The van der Waals surface area contributed by atoms with Gasteiger partial charge in [-0.2, -0.15) is 0 Å². The molecule has 1 saturated heterocycles. The summed E-state index contributed by atoms with van der Waals surface area (Å²) in [6.07, 6.45) is 2.63. The molecule has 1 aromatic heterocycles. The van der Waals surface area contributed by atoms with E-state index in [9.17, 15) is 4.79 Å². The lowest BCUT2D eigenvalue weighted by Crippen LogP contribution is -2.53. The Labute approximate surface area is 118 Å². The van der Waals surface area contributed by atoms with Gasteiger partial charge in [-0.15, -0.1) is 11.3 Å². The molecule has 0 amide bonds. The van der Waals surface area contributed by atoms with Gasteiger partial charge in [-0.1, -0.05) is 6.92 Å². The van der Waals surface area contributed by atoms with Gasteiger partial charge in [0.1, 0.15) is 6.04 Å². The second-order valence-corrected chi connectivity index (χ2v) is 5.39. The average molecular weight is 283 g/mol. The number of hydrogen-bond donors (Lipinski definition) is 0. The molecule has 0 aliphatic carbocycles. The molecule has 1 aromatic rings. The van der Waals surface area contributed by atoms with Crippen molar-refractivity contribution in [1.29, 1.82) is 0 Å². The number of piperazine rings is 1. The van der Waals surface area contributed by atoms with Crippen molar-refractivity contribution in [3.8, 4) is 0 Å². The summed E-state index contributed by atoms with van der Waals surface area (Å²) in [6.45, 7) is 7.95. The molecule has 2 heterocycles. The van der Waals surface area contributed by atoms with Crippen LogP contribution in [0.2, 0.25) is 0 Å². The molecule has 0 saturated carbocycles. The van der Waals surface area contributed by atoms with Gasteiger partial charge in [0.2, 0.25) is 0 Å². The fraction of sp³-hybridized carbons (Fsp3) is 0.692. The van der Waals surface area contributed by atoms with Crippen LogP contribution in [0.15, 0.2) is 11.6 Å². The van der Waals surface area contributed by atoms with E-state index in [0.29, 0.717) is 6.61 Å². The number of anilines is 1. The predicted molar refractivity (Wildman–Crippen MR) is 76.6 cm³/mol. The highest BCUT2D eigenvalue weighted by Crippen LogP contribution is 2.20. The lowest BCUT2D eigenvalue weighted by molar-refractivity contribution is -0.149. The molecule has 2 rings (SSSR count). The van der Waals surface area contributed by atoms with Crippen LogP contribution in [0.1, 0.15) is 20.3 Å². The summed E-state index contributed by atoms with van der Waals surface area (Å²) in [5, 5.41) is 3.07. The van der Waals surface area contributed by atoms with Crippen LogP contribution < -0.4 is 4.90 Å². The molecule has 6 heteroatoms. The van der Waals surface area contributed by atoms with Crippen molar-refractivity contribution >= 4 is 22.4 Å². The fourth-order valence-corrected chi connectivity index (χ4v) is 3.11. The number of rotatable bonds is 5. The number of ether oxygens (including phenoxy) is 1. The standard InChI is InChI=1S/C13H21N3O2S/c1-3-11(12(17)18-4-2)15-6-8-16(9-7-15)13-14-5-10-19-13/h5,10-11H,3-4,6-9H2,1-2H3. The molecule has 1 unspecified atom stereocenters. The second-order valence-electron chi connectivity index (χ2n) is 4.51. The molecule has 1 fully saturated rings. The number of hydrogen-bond acceptors (Lipinski definition) is 6. The lowest BCUT2D eigenvalue weighted by atomic mass is 10.1. The Balaban J connectivity index is 1.89. The van der Waals surface area contributed by atoms with Gasteiger partial charge >= 0.3 is 5.97 Å². The monoisotopic (exact) mass is 283 g/mol. The largest absolute Gasteiger partial charge is 0.465 e. The summed E-state index contributed by atoms with van der Waals surface area (Å²) in [4.78, 5) is 20.7. The van der Waals surface area contributed by atoms with Crippen molar-refractivity contribution in [3.05, 3.63) is 11.6 Å². The van der Waals surface area contributed by atoms with Crippen molar-refractivity contribution in [2.75, 3.05) is 37.7 Å². The number of esters is 1. The summed E-state index contributed by atoms with van der Waals surface area (Å²) in [6, 6.07) is -0.0987. The van der Waals surface area contributed by atoms with Gasteiger partial charge in [0, 0.05) is 37.8 Å². The SMILES string of the molecule is CCOC(=O)C(CC)N1CCN(c2nccs2)CC1. The second kappa shape index (κ2) is 6.86. The number of carbonyl (C=O) groups is 1. The Kier molecular flexibility index (Phi) is 5.15. The van der Waals surface area contributed by atoms with Gasteiger partial charge in [0.15, 0.2) is 5.13 Å². The van der Waals surface area contributed by atoms with Crippen LogP contribution in [-0.2, 0) is 9.53 Å². The Morgan fingerprint density at radius 2 is 2.16 bits per heavy atom. The van der Waals surface area contributed by atoms with Crippen LogP contribution in [0.3, 0.4) is 0 Å². The first-order valence-corrected chi connectivity index (χ1v) is 7.69. The summed E-state index contributed by atoms with van der Waals surface area (Å²) >= 11 is 1.66. The van der Waals surface area contributed by atoms with Gasteiger partial charge < -0.3 is 9.64 Å². The van der Waals surface area contributed by atoms with E-state index in [2.05, 4.69) is 14.8 Å². The van der Waals surface area contributed by atoms with E-state index in [-0.39, 0.29) is 12.0 Å². The zero-order valence-corrected chi connectivity index (χ0v) is 12.4. The van der Waals surface area contributed by atoms with E-state index >= 15 is 0 Å². The first-order chi connectivity index (χ1) is 9.26. The average Bonchev–Trinajstić information content (AvgIpc) is 2.95. The Morgan fingerprint density at radius 1 is 1.42 bits per heavy atom. The zero-order chi connectivity index (χ0) is 13.7. The molecule has 106 valence electrons. The van der Waals surface area contributed by atoms with E-state index in [1.807, 2.05) is 25.4 Å². The molecular formula is C13H21N3O2S. The fourth-order valence-electron chi connectivity index (χ4n) is 2.41. The van der Waals surface area contributed by atoms with E-state index in [1.165, 1.54) is 0 Å². The molecular weight excluding hydrogens is 262 g/mol. The minimum absolute atomic E-state index is 0.0901. The van der Waals surface area contributed by atoms with Crippen molar-refractivity contribution in [2.24, 2.45) is 0 Å². The van der Waals surface area contributed by atoms with E-state index < -0.39 is 0 Å². The van der Waals surface area contributed by atoms with Gasteiger partial charge in [-0.25, -0.2) is 4.98 Å². The minimum Gasteiger partial charge on any atom is -0.465 e. The summed E-state index contributed by atoms with van der Waals surface area (Å²) < 4.78 is 5.14. The number of nitrogens with zero attached hydrogens (tertiary/aromatic N) is 3. The minimum atomic E-state index is -0.0987. The van der Waals surface area contributed by atoms with Crippen molar-refractivity contribution < 1.29 is 9.53 Å². The van der Waals surface area contributed by atoms with Crippen LogP contribution in [0.25, 0.3) is 0 Å². The highest BCUT2D eigenvalue weighted by atomic mass is 32.1. The number of carbonyl (C=O) groups excluding carboxylic acids is 1. The maximum atomic E-state index is 11.9. The number of aromatic nitrogens is 1. The molecule has 0 aromatic carbocycles. The third-order valence-electron chi connectivity index (χ3n) is 3.39. The number of thiazole rings is 1. The molecule has 1 aliphatic rings. The maximum Gasteiger partial charge on any atom is 0.323 e. The Hall–Kier alpha value is -1.14. The quantitative estimate of drug-likeness (QED) is 0.768. The van der Waals surface area contributed by atoms with E-state index in [0.717, 1.165) is 37.7 Å². The smallest absolute Gasteiger partial charge is 0.323 e. The van der Waals surface area contributed by atoms with Gasteiger partial charge in [0.25, 0.3) is 0 Å². The molecule has 0 bridgehead atoms. The summed E-state index contributed by atoms with van der Waals surface area (Å²) in [7, 11) is 0. The topological polar surface area (TPSA) is 45.7 Å². The van der Waals surface area contributed by atoms with Crippen LogP contribution in [0.4, 0.5) is 5.13 Å². The Morgan fingerprint density at radius 3 is 2.68 bits per heavy atom. The molecule has 5 nitrogen and oxygen atoms in total. The van der Waals surface area contributed by atoms with Crippen molar-refractivity contribution in [1.82, 2.24) is 9.88 Å². The first kappa shape index (κ1) is 14.3. The predicted octanol–water partition coefficient (Wildman–Crippen LogP) is 1.61. The van der Waals surface area contributed by atoms with Crippen LogP contribution in [0, 0.1) is 0 Å². The third kappa shape index (κ3) is 3.45. The van der Waals surface area contributed by atoms with Gasteiger partial charge in [-0.05, 0) is 13.3 Å². The van der Waals surface area contributed by atoms with Gasteiger partial charge in [-0.3, -0.25) is 9.69 Å². The highest BCUT2D eigenvalue weighted by Gasteiger charge is 2.29. The van der Waals surface area contributed by atoms with Crippen LogP contribution in [-0.4, -0.2) is 54.7 Å². The molecule has 0 spiro atoms. The third-order valence-corrected chi connectivity index (χ3v) is 4.22. The zero-order valence-electron chi connectivity index (χ0n) is 11.5. The first-order valence-electron chi connectivity index (χ1n) is 6.81. The van der Waals surface area contributed by atoms with Crippen molar-refractivity contribution in [3.63, 3.8) is 0 Å². The summed E-state index contributed by atoms with van der Waals surface area (Å²) in [5.74, 6) is -0.0901. The van der Waals surface area contributed by atoms with Crippen LogP contribution >= 0.6 is 11.3 Å². The maximum absolute atomic E-state index is 11.9.